The lowest BCUT2D eigenvalue weighted by Gasteiger charge is -2.31. The lowest BCUT2D eigenvalue weighted by molar-refractivity contribution is -0.147. The van der Waals surface area contributed by atoms with E-state index in [0.29, 0.717) is 25.8 Å². The van der Waals surface area contributed by atoms with Crippen molar-refractivity contribution in [3.05, 3.63) is 0 Å². The van der Waals surface area contributed by atoms with Crippen molar-refractivity contribution in [1.29, 1.82) is 0 Å². The van der Waals surface area contributed by atoms with E-state index in [1.54, 1.807) is 20.8 Å². The lowest BCUT2D eigenvalue weighted by atomic mass is 9.90. The third-order valence-electron chi connectivity index (χ3n) is 5.52. The Bertz CT molecular complexity index is 594. The first-order valence-electron chi connectivity index (χ1n) is 8.84. The summed E-state index contributed by atoms with van der Waals surface area (Å²) in [6, 6.07) is 0. The zero-order valence-corrected chi connectivity index (χ0v) is 15.6. The molecule has 2 unspecified atom stereocenters. The second kappa shape index (κ2) is 7.02. The van der Waals surface area contributed by atoms with Crippen LogP contribution in [-0.2, 0) is 19.4 Å². The zero-order chi connectivity index (χ0) is 18.1. The van der Waals surface area contributed by atoms with Crippen molar-refractivity contribution in [2.75, 3.05) is 13.1 Å². The van der Waals surface area contributed by atoms with Gasteiger partial charge >= 0.3 is 5.97 Å². The monoisotopic (exact) mass is 359 g/mol. The molecule has 1 heterocycles. The SMILES string of the molecule is CC(C)C(C(=O)N1CCC(C)(C(=O)O)C1)S(=O)(=O)C1CCCCC1. The smallest absolute Gasteiger partial charge is 0.311 e. The maximum atomic E-state index is 13.1. The first kappa shape index (κ1) is 19.2. The van der Waals surface area contributed by atoms with Crippen LogP contribution in [-0.4, -0.2) is 53.9 Å². The van der Waals surface area contributed by atoms with Crippen LogP contribution < -0.4 is 0 Å². The largest absolute Gasteiger partial charge is 0.481 e. The highest BCUT2D eigenvalue weighted by Gasteiger charge is 2.48. The number of rotatable bonds is 5. The van der Waals surface area contributed by atoms with Crippen molar-refractivity contribution < 1.29 is 23.1 Å². The third kappa shape index (κ3) is 3.60. The van der Waals surface area contributed by atoms with Crippen LogP contribution >= 0.6 is 0 Å². The van der Waals surface area contributed by atoms with Gasteiger partial charge in [0, 0.05) is 13.1 Å². The van der Waals surface area contributed by atoms with Gasteiger partial charge in [0.2, 0.25) is 5.91 Å². The van der Waals surface area contributed by atoms with Gasteiger partial charge < -0.3 is 10.0 Å². The van der Waals surface area contributed by atoms with Gasteiger partial charge in [0.05, 0.1) is 10.7 Å². The predicted octanol–water partition coefficient (Wildman–Crippen LogP) is 2.08. The quantitative estimate of drug-likeness (QED) is 0.811. The summed E-state index contributed by atoms with van der Waals surface area (Å²) in [6.07, 6.45) is 4.46. The standard InChI is InChI=1S/C17H29NO5S/c1-12(2)14(24(22,23)13-7-5-4-6-8-13)15(19)18-10-9-17(3,11-18)16(20)21/h12-14H,4-11H2,1-3H3,(H,20,21). The molecule has 24 heavy (non-hydrogen) atoms. The van der Waals surface area contributed by atoms with Gasteiger partial charge in [-0.15, -0.1) is 0 Å². The summed E-state index contributed by atoms with van der Waals surface area (Å²) >= 11 is 0. The number of amides is 1. The Balaban J connectivity index is 2.21. The molecule has 2 atom stereocenters. The van der Waals surface area contributed by atoms with E-state index < -0.39 is 37.6 Å². The van der Waals surface area contributed by atoms with Gasteiger partial charge in [-0.3, -0.25) is 9.59 Å². The summed E-state index contributed by atoms with van der Waals surface area (Å²) in [5, 5.41) is 7.83. The molecule has 1 amide bonds. The van der Waals surface area contributed by atoms with Crippen molar-refractivity contribution in [3.8, 4) is 0 Å². The van der Waals surface area contributed by atoms with Crippen molar-refractivity contribution in [2.24, 2.45) is 11.3 Å². The van der Waals surface area contributed by atoms with Gasteiger partial charge in [-0.2, -0.15) is 0 Å². The summed E-state index contributed by atoms with van der Waals surface area (Å²) < 4.78 is 26.1. The van der Waals surface area contributed by atoms with Crippen molar-refractivity contribution in [2.45, 2.75) is 69.8 Å². The number of carboxylic acids is 1. The van der Waals surface area contributed by atoms with E-state index in [-0.39, 0.29) is 12.5 Å². The van der Waals surface area contributed by atoms with E-state index in [9.17, 15) is 23.1 Å². The number of hydrogen-bond acceptors (Lipinski definition) is 4. The van der Waals surface area contributed by atoms with Crippen LogP contribution in [0.3, 0.4) is 0 Å². The molecule has 6 nitrogen and oxygen atoms in total. The van der Waals surface area contributed by atoms with Crippen LogP contribution in [0.2, 0.25) is 0 Å². The van der Waals surface area contributed by atoms with E-state index in [1.807, 2.05) is 0 Å². The van der Waals surface area contributed by atoms with Gasteiger partial charge in [0.1, 0.15) is 5.25 Å². The Morgan fingerprint density at radius 3 is 2.21 bits per heavy atom. The average molecular weight is 359 g/mol. The molecule has 1 saturated carbocycles. The Hall–Kier alpha value is -1.11. The predicted molar refractivity (Wildman–Crippen MR) is 91.4 cm³/mol. The van der Waals surface area contributed by atoms with Crippen molar-refractivity contribution in [1.82, 2.24) is 4.90 Å². The van der Waals surface area contributed by atoms with Crippen LogP contribution in [0.4, 0.5) is 0 Å². The Labute approximate surface area is 144 Å². The molecule has 2 rings (SSSR count). The first-order chi connectivity index (χ1) is 11.1. The third-order valence-corrected chi connectivity index (χ3v) is 8.38. The van der Waals surface area contributed by atoms with Crippen LogP contribution in [0, 0.1) is 11.3 Å². The fraction of sp³-hybridized carbons (Fsp3) is 0.882. The van der Waals surface area contributed by atoms with Gasteiger partial charge in [-0.05, 0) is 32.1 Å². The van der Waals surface area contributed by atoms with Gasteiger partial charge in [0.15, 0.2) is 9.84 Å². The van der Waals surface area contributed by atoms with Crippen LogP contribution in [0.5, 0.6) is 0 Å². The normalized spacial score (nSPS) is 27.4. The summed E-state index contributed by atoms with van der Waals surface area (Å²) in [4.78, 5) is 25.8. The number of sulfone groups is 1. The van der Waals surface area contributed by atoms with Crippen LogP contribution in [0.15, 0.2) is 0 Å². The Morgan fingerprint density at radius 1 is 1.17 bits per heavy atom. The highest BCUT2D eigenvalue weighted by molar-refractivity contribution is 7.93. The minimum absolute atomic E-state index is 0.0879. The molecule has 138 valence electrons. The van der Waals surface area contributed by atoms with Gasteiger partial charge in [-0.25, -0.2) is 8.42 Å². The maximum absolute atomic E-state index is 13.1. The topological polar surface area (TPSA) is 91.8 Å². The molecule has 1 aliphatic carbocycles. The van der Waals surface area contributed by atoms with E-state index in [0.717, 1.165) is 19.3 Å². The number of likely N-dealkylation sites (tertiary alicyclic amines) is 1. The zero-order valence-electron chi connectivity index (χ0n) is 14.8. The van der Waals surface area contributed by atoms with E-state index in [4.69, 9.17) is 0 Å². The average Bonchev–Trinajstić information content (AvgIpc) is 2.91. The number of aliphatic carboxylic acids is 1. The molecule has 1 N–H and O–H groups in total. The minimum atomic E-state index is -3.56. The second-order valence-corrected chi connectivity index (χ2v) is 10.2. The maximum Gasteiger partial charge on any atom is 0.311 e. The van der Waals surface area contributed by atoms with E-state index in [1.165, 1.54) is 4.90 Å². The summed E-state index contributed by atoms with van der Waals surface area (Å²) in [7, 11) is -3.56. The summed E-state index contributed by atoms with van der Waals surface area (Å²) in [6.45, 7) is 5.53. The van der Waals surface area contributed by atoms with Gasteiger partial charge in [-0.1, -0.05) is 33.1 Å². The second-order valence-electron chi connectivity index (χ2n) is 7.89. The highest BCUT2D eigenvalue weighted by atomic mass is 32.2. The molecule has 0 aromatic carbocycles. The molecule has 2 aliphatic rings. The number of carboxylic acid groups (broad SMARTS) is 1. The molecule has 1 aliphatic heterocycles. The number of carbonyl (C=O) groups excluding carboxylic acids is 1. The Kier molecular flexibility index (Phi) is 5.62. The number of carbonyl (C=O) groups is 2. The molecule has 0 aromatic rings. The number of nitrogens with zero attached hydrogens (tertiary/aromatic N) is 1. The van der Waals surface area contributed by atoms with Gasteiger partial charge in [0.25, 0.3) is 0 Å². The van der Waals surface area contributed by atoms with Crippen molar-refractivity contribution in [3.63, 3.8) is 0 Å². The lowest BCUT2D eigenvalue weighted by Crippen LogP contribution is -2.49. The summed E-state index contributed by atoms with van der Waals surface area (Å²) in [5.74, 6) is -1.67. The summed E-state index contributed by atoms with van der Waals surface area (Å²) in [5.41, 5.74) is -0.980. The highest BCUT2D eigenvalue weighted by Crippen LogP contribution is 2.34. The molecular weight excluding hydrogens is 330 g/mol. The fourth-order valence-corrected chi connectivity index (χ4v) is 6.50. The van der Waals surface area contributed by atoms with Crippen LogP contribution in [0.1, 0.15) is 59.3 Å². The first-order valence-corrected chi connectivity index (χ1v) is 10.5. The molecule has 0 aromatic heterocycles. The van der Waals surface area contributed by atoms with E-state index in [2.05, 4.69) is 0 Å². The number of hydrogen-bond donors (Lipinski definition) is 1. The molecule has 2 fully saturated rings. The van der Waals surface area contributed by atoms with Crippen LogP contribution in [0.25, 0.3) is 0 Å². The molecule has 7 heteroatoms. The molecule has 1 saturated heterocycles. The van der Waals surface area contributed by atoms with E-state index >= 15 is 0 Å². The molecule has 0 bridgehead atoms. The molecular formula is C17H29NO5S. The Morgan fingerprint density at radius 2 is 1.75 bits per heavy atom. The molecule has 0 radical (unpaired) electrons. The molecule has 0 spiro atoms. The minimum Gasteiger partial charge on any atom is -0.481 e. The van der Waals surface area contributed by atoms with Crippen molar-refractivity contribution >= 4 is 21.7 Å². The fourth-order valence-electron chi connectivity index (χ4n) is 3.91.